The third kappa shape index (κ3) is 4.74. The Morgan fingerprint density at radius 2 is 1.78 bits per heavy atom. The van der Waals surface area contributed by atoms with Crippen LogP contribution < -0.4 is 21.1 Å². The SMILES string of the molecule is CCOc1ccc(CNC(=O)Nc2ccccc2C(N)=O)cc1. The van der Waals surface area contributed by atoms with Crippen LogP contribution in [0.25, 0.3) is 0 Å². The number of primary amides is 1. The summed E-state index contributed by atoms with van der Waals surface area (Å²) < 4.78 is 5.36. The van der Waals surface area contributed by atoms with Crippen molar-refractivity contribution in [3.63, 3.8) is 0 Å². The molecule has 3 amide bonds. The van der Waals surface area contributed by atoms with Gasteiger partial charge in [0.25, 0.3) is 5.91 Å². The number of nitrogens with one attached hydrogen (secondary N) is 2. The maximum atomic E-state index is 11.9. The predicted octanol–water partition coefficient (Wildman–Crippen LogP) is 2.51. The van der Waals surface area contributed by atoms with Crippen molar-refractivity contribution in [3.8, 4) is 5.75 Å². The normalized spacial score (nSPS) is 9.96. The number of benzene rings is 2. The van der Waals surface area contributed by atoms with Gasteiger partial charge in [-0.1, -0.05) is 24.3 Å². The molecule has 2 aromatic carbocycles. The summed E-state index contributed by atoms with van der Waals surface area (Å²) in [5.74, 6) is 0.198. The molecule has 0 aliphatic rings. The highest BCUT2D eigenvalue weighted by Gasteiger charge is 2.09. The summed E-state index contributed by atoms with van der Waals surface area (Å²) in [6.45, 7) is 2.89. The number of anilines is 1. The number of amides is 3. The Kier molecular flexibility index (Phi) is 5.57. The molecule has 4 N–H and O–H groups in total. The highest BCUT2D eigenvalue weighted by molar-refractivity contribution is 6.02. The lowest BCUT2D eigenvalue weighted by Crippen LogP contribution is -2.29. The number of hydrogen-bond acceptors (Lipinski definition) is 3. The van der Waals surface area contributed by atoms with Gasteiger partial charge in [-0.3, -0.25) is 4.79 Å². The minimum Gasteiger partial charge on any atom is -0.494 e. The number of carbonyl (C=O) groups is 2. The summed E-state index contributed by atoms with van der Waals surface area (Å²) in [5.41, 5.74) is 6.85. The van der Waals surface area contributed by atoms with Crippen molar-refractivity contribution in [1.29, 1.82) is 0 Å². The van der Waals surface area contributed by atoms with Gasteiger partial charge in [0.2, 0.25) is 0 Å². The van der Waals surface area contributed by atoms with Crippen LogP contribution in [-0.2, 0) is 6.54 Å². The van der Waals surface area contributed by atoms with Gasteiger partial charge in [0.05, 0.1) is 17.9 Å². The number of carbonyl (C=O) groups excluding carboxylic acids is 2. The number of para-hydroxylation sites is 1. The highest BCUT2D eigenvalue weighted by atomic mass is 16.5. The van der Waals surface area contributed by atoms with Crippen LogP contribution in [0.4, 0.5) is 10.5 Å². The Labute approximate surface area is 134 Å². The molecule has 2 rings (SSSR count). The second-order valence-electron chi connectivity index (χ2n) is 4.79. The minimum absolute atomic E-state index is 0.267. The minimum atomic E-state index is -0.590. The van der Waals surface area contributed by atoms with Gasteiger partial charge in [0.15, 0.2) is 0 Å². The number of nitrogens with two attached hydrogens (primary N) is 1. The largest absolute Gasteiger partial charge is 0.494 e. The molecule has 0 heterocycles. The smallest absolute Gasteiger partial charge is 0.319 e. The second-order valence-corrected chi connectivity index (χ2v) is 4.79. The lowest BCUT2D eigenvalue weighted by Gasteiger charge is -2.10. The van der Waals surface area contributed by atoms with Crippen LogP contribution in [0, 0.1) is 0 Å². The molecular formula is C17H19N3O3. The first-order valence-corrected chi connectivity index (χ1v) is 7.25. The van der Waals surface area contributed by atoms with Gasteiger partial charge in [0, 0.05) is 6.54 Å². The van der Waals surface area contributed by atoms with Crippen molar-refractivity contribution in [3.05, 3.63) is 59.7 Å². The molecule has 23 heavy (non-hydrogen) atoms. The first-order chi connectivity index (χ1) is 11.1. The van der Waals surface area contributed by atoms with Crippen LogP contribution >= 0.6 is 0 Å². The number of urea groups is 1. The molecule has 0 saturated carbocycles. The van der Waals surface area contributed by atoms with Crippen LogP contribution in [0.2, 0.25) is 0 Å². The van der Waals surface area contributed by atoms with Gasteiger partial charge in [-0.05, 0) is 36.8 Å². The van der Waals surface area contributed by atoms with Crippen molar-refractivity contribution < 1.29 is 14.3 Å². The fourth-order valence-corrected chi connectivity index (χ4v) is 2.03. The van der Waals surface area contributed by atoms with E-state index in [9.17, 15) is 9.59 Å². The van der Waals surface area contributed by atoms with Crippen LogP contribution in [0.1, 0.15) is 22.8 Å². The Bertz CT molecular complexity index is 684. The molecule has 0 saturated heterocycles. The molecule has 0 aliphatic carbocycles. The van der Waals surface area contributed by atoms with Gasteiger partial charge in [-0.15, -0.1) is 0 Å². The van der Waals surface area contributed by atoms with Gasteiger partial charge in [0.1, 0.15) is 5.75 Å². The van der Waals surface area contributed by atoms with Crippen molar-refractivity contribution >= 4 is 17.6 Å². The molecular weight excluding hydrogens is 294 g/mol. The zero-order valence-electron chi connectivity index (χ0n) is 12.8. The molecule has 120 valence electrons. The Balaban J connectivity index is 1.91. The third-order valence-electron chi connectivity index (χ3n) is 3.13. The van der Waals surface area contributed by atoms with E-state index in [1.165, 1.54) is 0 Å². The average Bonchev–Trinajstić information content (AvgIpc) is 2.55. The first kappa shape index (κ1) is 16.4. The zero-order valence-corrected chi connectivity index (χ0v) is 12.8. The first-order valence-electron chi connectivity index (χ1n) is 7.25. The molecule has 0 unspecified atom stereocenters. The summed E-state index contributed by atoms with van der Waals surface area (Å²) in [7, 11) is 0. The van der Waals surface area contributed by atoms with E-state index in [1.54, 1.807) is 24.3 Å². The van der Waals surface area contributed by atoms with E-state index in [4.69, 9.17) is 10.5 Å². The topological polar surface area (TPSA) is 93.4 Å². The van der Waals surface area contributed by atoms with Gasteiger partial charge in [-0.25, -0.2) is 4.79 Å². The quantitative estimate of drug-likeness (QED) is 0.765. The van der Waals surface area contributed by atoms with E-state index < -0.39 is 11.9 Å². The van der Waals surface area contributed by atoms with Crippen molar-refractivity contribution in [2.45, 2.75) is 13.5 Å². The maximum absolute atomic E-state index is 11.9. The van der Waals surface area contributed by atoms with Gasteiger partial charge in [-0.2, -0.15) is 0 Å². The van der Waals surface area contributed by atoms with E-state index in [0.29, 0.717) is 18.8 Å². The summed E-state index contributed by atoms with van der Waals surface area (Å²) in [4.78, 5) is 23.2. The Morgan fingerprint density at radius 3 is 2.43 bits per heavy atom. The second kappa shape index (κ2) is 7.84. The predicted molar refractivity (Wildman–Crippen MR) is 88.4 cm³/mol. The Hall–Kier alpha value is -3.02. The molecule has 2 aromatic rings. The monoisotopic (exact) mass is 313 g/mol. The van der Waals surface area contributed by atoms with E-state index in [1.807, 2.05) is 31.2 Å². The molecule has 0 bridgehead atoms. The van der Waals surface area contributed by atoms with E-state index >= 15 is 0 Å². The van der Waals surface area contributed by atoms with Crippen molar-refractivity contribution in [2.24, 2.45) is 5.73 Å². The molecule has 0 atom stereocenters. The molecule has 0 fully saturated rings. The van der Waals surface area contributed by atoms with Crippen LogP contribution in [0.5, 0.6) is 5.75 Å². The fraction of sp³-hybridized carbons (Fsp3) is 0.176. The van der Waals surface area contributed by atoms with E-state index in [2.05, 4.69) is 10.6 Å². The zero-order chi connectivity index (χ0) is 16.7. The molecule has 0 aliphatic heterocycles. The number of ether oxygens (including phenoxy) is 1. The summed E-state index contributed by atoms with van der Waals surface area (Å²) in [5, 5.41) is 5.34. The standard InChI is InChI=1S/C17H19N3O3/c1-2-23-13-9-7-12(8-10-13)11-19-17(22)20-15-6-4-3-5-14(15)16(18)21/h3-10H,2,11H2,1H3,(H2,18,21)(H2,19,20,22). The van der Waals surface area contributed by atoms with E-state index in [0.717, 1.165) is 11.3 Å². The molecule has 6 heteroatoms. The third-order valence-corrected chi connectivity index (χ3v) is 3.13. The highest BCUT2D eigenvalue weighted by Crippen LogP contribution is 2.14. The Morgan fingerprint density at radius 1 is 1.09 bits per heavy atom. The molecule has 0 spiro atoms. The summed E-state index contributed by atoms with van der Waals surface area (Å²) in [6.07, 6.45) is 0. The van der Waals surface area contributed by atoms with Crippen molar-refractivity contribution in [1.82, 2.24) is 5.32 Å². The van der Waals surface area contributed by atoms with Crippen LogP contribution in [0.15, 0.2) is 48.5 Å². The summed E-state index contributed by atoms with van der Waals surface area (Å²) in [6, 6.07) is 13.6. The summed E-state index contributed by atoms with van der Waals surface area (Å²) >= 11 is 0. The van der Waals surface area contributed by atoms with Gasteiger partial charge >= 0.3 is 6.03 Å². The molecule has 6 nitrogen and oxygen atoms in total. The lowest BCUT2D eigenvalue weighted by atomic mass is 10.1. The molecule has 0 radical (unpaired) electrons. The van der Waals surface area contributed by atoms with Crippen LogP contribution in [0.3, 0.4) is 0 Å². The maximum Gasteiger partial charge on any atom is 0.319 e. The molecule has 0 aromatic heterocycles. The number of hydrogen-bond donors (Lipinski definition) is 3. The lowest BCUT2D eigenvalue weighted by molar-refractivity contribution is 0.100. The van der Waals surface area contributed by atoms with E-state index in [-0.39, 0.29) is 5.56 Å². The van der Waals surface area contributed by atoms with Crippen molar-refractivity contribution in [2.75, 3.05) is 11.9 Å². The average molecular weight is 313 g/mol. The van der Waals surface area contributed by atoms with Gasteiger partial charge < -0.3 is 21.1 Å². The van der Waals surface area contributed by atoms with Crippen LogP contribution in [-0.4, -0.2) is 18.5 Å². The fourth-order valence-electron chi connectivity index (χ4n) is 2.03. The number of rotatable bonds is 6.